The van der Waals surface area contributed by atoms with Gasteiger partial charge >= 0.3 is 12.6 Å². The van der Waals surface area contributed by atoms with E-state index in [4.69, 9.17) is 5.11 Å². The predicted octanol–water partition coefficient (Wildman–Crippen LogP) is 2.27. The fourth-order valence-electron chi connectivity index (χ4n) is 3.46. The molecular formula is C19H24F2N2O4. The van der Waals surface area contributed by atoms with E-state index in [1.165, 1.54) is 6.07 Å². The molecule has 27 heavy (non-hydrogen) atoms. The summed E-state index contributed by atoms with van der Waals surface area (Å²) in [7, 11) is 0. The van der Waals surface area contributed by atoms with E-state index in [1.54, 1.807) is 18.2 Å². The van der Waals surface area contributed by atoms with Crippen molar-refractivity contribution in [3.63, 3.8) is 0 Å². The fraction of sp³-hybridized carbons (Fsp3) is 0.579. The molecule has 2 aliphatic rings. The summed E-state index contributed by atoms with van der Waals surface area (Å²) in [6.07, 6.45) is 3.69. The van der Waals surface area contributed by atoms with Crippen molar-refractivity contribution >= 4 is 11.9 Å². The third-order valence-corrected chi connectivity index (χ3v) is 5.06. The van der Waals surface area contributed by atoms with Gasteiger partial charge in [0.1, 0.15) is 5.75 Å². The predicted molar refractivity (Wildman–Crippen MR) is 93.7 cm³/mol. The second-order valence-electron chi connectivity index (χ2n) is 7.32. The van der Waals surface area contributed by atoms with Crippen LogP contribution >= 0.6 is 0 Å². The van der Waals surface area contributed by atoms with Crippen LogP contribution in [0.3, 0.4) is 0 Å². The zero-order chi connectivity index (χ0) is 19.4. The molecule has 6 nitrogen and oxygen atoms in total. The van der Waals surface area contributed by atoms with Crippen LogP contribution in [0, 0.1) is 5.92 Å². The van der Waals surface area contributed by atoms with Gasteiger partial charge < -0.3 is 15.2 Å². The summed E-state index contributed by atoms with van der Waals surface area (Å²) in [5.74, 6) is -0.481. The lowest BCUT2D eigenvalue weighted by molar-refractivity contribution is -0.140. The van der Waals surface area contributed by atoms with Crippen LogP contribution in [0.1, 0.15) is 31.2 Å². The fourth-order valence-corrected chi connectivity index (χ4v) is 3.46. The van der Waals surface area contributed by atoms with Crippen LogP contribution in [-0.4, -0.2) is 53.7 Å². The van der Waals surface area contributed by atoms with Gasteiger partial charge in [-0.3, -0.25) is 14.5 Å². The van der Waals surface area contributed by atoms with Crippen molar-refractivity contribution in [1.82, 2.24) is 10.2 Å². The van der Waals surface area contributed by atoms with Crippen LogP contribution in [0.4, 0.5) is 8.78 Å². The molecule has 0 aliphatic heterocycles. The van der Waals surface area contributed by atoms with Crippen LogP contribution in [0.15, 0.2) is 24.3 Å². The summed E-state index contributed by atoms with van der Waals surface area (Å²) in [6, 6.07) is 6.40. The minimum absolute atomic E-state index is 0.00574. The highest BCUT2D eigenvalue weighted by molar-refractivity contribution is 5.79. The third-order valence-electron chi connectivity index (χ3n) is 5.06. The van der Waals surface area contributed by atoms with Gasteiger partial charge in [0, 0.05) is 24.2 Å². The Kier molecular flexibility index (Phi) is 6.26. The Morgan fingerprint density at radius 2 is 1.96 bits per heavy atom. The molecule has 8 heteroatoms. The second kappa shape index (κ2) is 8.65. The molecule has 1 aromatic carbocycles. The first-order valence-corrected chi connectivity index (χ1v) is 9.18. The Hall–Kier alpha value is -2.22. The normalized spacial score (nSPS) is 21.8. The summed E-state index contributed by atoms with van der Waals surface area (Å²) in [6.45, 7) is -2.11. The molecule has 2 aliphatic carbocycles. The number of alkyl halides is 2. The molecule has 0 heterocycles. The number of carboxylic acids is 1. The average Bonchev–Trinajstić information content (AvgIpc) is 3.35. The number of nitrogens with zero attached hydrogens (tertiary/aromatic N) is 1. The van der Waals surface area contributed by atoms with E-state index in [0.29, 0.717) is 24.3 Å². The Morgan fingerprint density at radius 1 is 1.26 bits per heavy atom. The molecular weight excluding hydrogens is 358 g/mol. The van der Waals surface area contributed by atoms with E-state index in [9.17, 15) is 18.4 Å². The highest BCUT2D eigenvalue weighted by Gasteiger charge is 2.37. The summed E-state index contributed by atoms with van der Waals surface area (Å²) >= 11 is 0. The van der Waals surface area contributed by atoms with E-state index in [0.717, 1.165) is 19.4 Å². The Morgan fingerprint density at radius 3 is 2.59 bits per heavy atom. The molecule has 0 bridgehead atoms. The molecule has 0 radical (unpaired) electrons. The number of carbonyl (C=O) groups excluding carboxylic acids is 1. The molecule has 2 N–H and O–H groups in total. The smallest absolute Gasteiger partial charge is 0.387 e. The van der Waals surface area contributed by atoms with E-state index in [-0.39, 0.29) is 36.7 Å². The third kappa shape index (κ3) is 5.89. The summed E-state index contributed by atoms with van der Waals surface area (Å²) < 4.78 is 29.3. The number of aliphatic carboxylic acids is 1. The van der Waals surface area contributed by atoms with Gasteiger partial charge in [-0.05, 0) is 37.7 Å². The number of hydrogen-bond acceptors (Lipinski definition) is 4. The molecule has 0 spiro atoms. The molecule has 0 atom stereocenters. The molecule has 3 rings (SSSR count). The zero-order valence-electron chi connectivity index (χ0n) is 14.9. The first kappa shape index (κ1) is 19.5. The van der Waals surface area contributed by atoms with Crippen molar-refractivity contribution < 1.29 is 28.2 Å². The van der Waals surface area contributed by atoms with Crippen molar-refractivity contribution in [3.8, 4) is 5.75 Å². The van der Waals surface area contributed by atoms with Crippen molar-refractivity contribution in [2.75, 3.05) is 13.1 Å². The molecule has 2 fully saturated rings. The second-order valence-corrected chi connectivity index (χ2v) is 7.32. The minimum Gasteiger partial charge on any atom is -0.480 e. The van der Waals surface area contributed by atoms with Crippen LogP contribution < -0.4 is 10.1 Å². The number of hydrogen-bond donors (Lipinski definition) is 2. The molecule has 148 valence electrons. The number of carbonyl (C=O) groups is 2. The van der Waals surface area contributed by atoms with Gasteiger partial charge in [-0.15, -0.1) is 0 Å². The number of nitrogens with one attached hydrogen (secondary N) is 1. The lowest BCUT2D eigenvalue weighted by Crippen LogP contribution is -2.55. The monoisotopic (exact) mass is 382 g/mol. The molecule has 0 aromatic heterocycles. The average molecular weight is 382 g/mol. The maximum Gasteiger partial charge on any atom is 0.387 e. The van der Waals surface area contributed by atoms with Crippen LogP contribution in [0.25, 0.3) is 0 Å². The number of ether oxygens (including phenoxy) is 1. The largest absolute Gasteiger partial charge is 0.480 e. The lowest BCUT2D eigenvalue weighted by Gasteiger charge is -2.42. The lowest BCUT2D eigenvalue weighted by atomic mass is 9.85. The van der Waals surface area contributed by atoms with Gasteiger partial charge in [-0.1, -0.05) is 18.2 Å². The standard InChI is InChI=1S/C19H24F2N2O4/c20-19(21)27-16-4-2-1-3-13(16)7-17(24)22-14-8-15(9-14)23(11-18(25)26)10-12-5-6-12/h1-4,12,14-15,19H,5-11H2,(H,22,24)(H,25,26). The first-order valence-electron chi connectivity index (χ1n) is 9.18. The van der Waals surface area contributed by atoms with Gasteiger partial charge in [0.25, 0.3) is 0 Å². The summed E-state index contributed by atoms with van der Waals surface area (Å²) in [4.78, 5) is 25.3. The van der Waals surface area contributed by atoms with Gasteiger partial charge in [0.15, 0.2) is 0 Å². The van der Waals surface area contributed by atoms with Gasteiger partial charge in [-0.2, -0.15) is 8.78 Å². The number of para-hydroxylation sites is 1. The topological polar surface area (TPSA) is 78.9 Å². The van der Waals surface area contributed by atoms with Crippen molar-refractivity contribution in [2.45, 2.75) is 50.8 Å². The zero-order valence-corrected chi connectivity index (χ0v) is 14.9. The minimum atomic E-state index is -2.94. The number of rotatable bonds is 10. The molecule has 2 saturated carbocycles. The van der Waals surface area contributed by atoms with Crippen molar-refractivity contribution in [1.29, 1.82) is 0 Å². The molecule has 1 aromatic rings. The molecule has 0 saturated heterocycles. The van der Waals surface area contributed by atoms with Crippen LogP contribution in [-0.2, 0) is 16.0 Å². The van der Waals surface area contributed by atoms with Crippen LogP contribution in [0.5, 0.6) is 5.75 Å². The number of halogens is 2. The van der Waals surface area contributed by atoms with E-state index in [2.05, 4.69) is 10.1 Å². The van der Waals surface area contributed by atoms with Gasteiger partial charge in [-0.25, -0.2) is 0 Å². The highest BCUT2D eigenvalue weighted by Crippen LogP contribution is 2.33. The maximum atomic E-state index is 12.4. The molecule has 1 amide bonds. The molecule has 0 unspecified atom stereocenters. The summed E-state index contributed by atoms with van der Waals surface area (Å²) in [5.41, 5.74) is 0.410. The van der Waals surface area contributed by atoms with Gasteiger partial charge in [0.05, 0.1) is 13.0 Å². The van der Waals surface area contributed by atoms with Crippen molar-refractivity contribution in [2.24, 2.45) is 5.92 Å². The SMILES string of the molecule is O=C(O)CN(CC1CC1)C1CC(NC(=O)Cc2ccccc2OC(F)F)C1. The summed E-state index contributed by atoms with van der Waals surface area (Å²) in [5, 5.41) is 12.0. The maximum absolute atomic E-state index is 12.4. The quantitative estimate of drug-likeness (QED) is 0.649. The van der Waals surface area contributed by atoms with E-state index in [1.807, 2.05) is 4.90 Å². The number of benzene rings is 1. The van der Waals surface area contributed by atoms with Crippen molar-refractivity contribution in [3.05, 3.63) is 29.8 Å². The van der Waals surface area contributed by atoms with Crippen LogP contribution in [0.2, 0.25) is 0 Å². The highest BCUT2D eigenvalue weighted by atomic mass is 19.3. The van der Waals surface area contributed by atoms with Gasteiger partial charge in [0.2, 0.25) is 5.91 Å². The van der Waals surface area contributed by atoms with E-state index >= 15 is 0 Å². The Labute approximate surface area is 156 Å². The Balaban J connectivity index is 1.46. The Bertz CT molecular complexity index is 675. The van der Waals surface area contributed by atoms with E-state index < -0.39 is 12.6 Å². The number of amides is 1. The first-order chi connectivity index (χ1) is 12.9. The number of carboxylic acid groups (broad SMARTS) is 1.